The zero-order valence-electron chi connectivity index (χ0n) is 19.9. The van der Waals surface area contributed by atoms with E-state index in [2.05, 4.69) is 23.2 Å². The summed E-state index contributed by atoms with van der Waals surface area (Å²) >= 11 is 0. The number of nitrogens with one attached hydrogen (secondary N) is 1. The zero-order valence-corrected chi connectivity index (χ0v) is 19.9. The number of ether oxygens (including phenoxy) is 1. The van der Waals surface area contributed by atoms with Gasteiger partial charge < -0.3 is 14.5 Å². The van der Waals surface area contributed by atoms with Crippen LogP contribution >= 0.6 is 0 Å². The minimum atomic E-state index is -0.789. The molecule has 0 unspecified atom stereocenters. The fourth-order valence-corrected chi connectivity index (χ4v) is 5.19. The lowest BCUT2D eigenvalue weighted by molar-refractivity contribution is -0.134. The molecule has 2 aromatic rings. The highest BCUT2D eigenvalue weighted by molar-refractivity contribution is 6.07. The molecule has 7 heteroatoms. The van der Waals surface area contributed by atoms with Gasteiger partial charge in [0.2, 0.25) is 0 Å². The number of rotatable bonds is 9. The van der Waals surface area contributed by atoms with Crippen LogP contribution in [0.2, 0.25) is 0 Å². The van der Waals surface area contributed by atoms with Crippen molar-refractivity contribution in [3.63, 3.8) is 0 Å². The maximum Gasteiger partial charge on any atom is 0.325 e. The van der Waals surface area contributed by atoms with E-state index in [1.54, 1.807) is 7.11 Å². The lowest BCUT2D eigenvalue weighted by Crippen LogP contribution is -2.55. The molecule has 0 radical (unpaired) electrons. The van der Waals surface area contributed by atoms with Crippen molar-refractivity contribution in [3.05, 3.63) is 53.5 Å². The van der Waals surface area contributed by atoms with Gasteiger partial charge in [-0.2, -0.15) is 0 Å². The topological polar surface area (TPSA) is 75.0 Å². The number of hydrogen-bond acceptors (Lipinski definition) is 5. The van der Waals surface area contributed by atoms with Gasteiger partial charge in [-0.15, -0.1) is 0 Å². The molecule has 2 fully saturated rings. The summed E-state index contributed by atoms with van der Waals surface area (Å²) in [6, 6.07) is 11.6. The van der Waals surface area contributed by atoms with E-state index in [0.717, 1.165) is 61.7 Å². The molecule has 2 aliphatic heterocycles. The van der Waals surface area contributed by atoms with Crippen molar-refractivity contribution >= 4 is 11.9 Å². The molecule has 2 aliphatic rings. The van der Waals surface area contributed by atoms with Gasteiger partial charge in [0.05, 0.1) is 13.7 Å². The van der Waals surface area contributed by atoms with Crippen molar-refractivity contribution in [1.82, 2.24) is 15.1 Å². The van der Waals surface area contributed by atoms with Crippen LogP contribution < -0.4 is 10.1 Å². The number of carbonyl (C=O) groups excluding carboxylic acids is 2. The number of nitrogens with zero attached hydrogens (tertiary/aromatic N) is 2. The van der Waals surface area contributed by atoms with Gasteiger partial charge in [-0.3, -0.25) is 14.6 Å². The maximum absolute atomic E-state index is 13.5. The van der Waals surface area contributed by atoms with Crippen LogP contribution in [0.15, 0.2) is 40.8 Å². The van der Waals surface area contributed by atoms with Gasteiger partial charge >= 0.3 is 6.03 Å². The van der Waals surface area contributed by atoms with Crippen molar-refractivity contribution in [2.24, 2.45) is 5.92 Å². The second kappa shape index (κ2) is 10.00. The number of furan rings is 1. The summed E-state index contributed by atoms with van der Waals surface area (Å²) in [5.41, 5.74) is 0.284. The van der Waals surface area contributed by atoms with Crippen LogP contribution in [0.4, 0.5) is 4.79 Å². The quantitative estimate of drug-likeness (QED) is 0.581. The zero-order chi connectivity index (χ0) is 23.4. The first-order valence-electron chi connectivity index (χ1n) is 12.1. The number of hydrogen-bond donors (Lipinski definition) is 1. The summed E-state index contributed by atoms with van der Waals surface area (Å²) in [5.74, 6) is 2.87. The van der Waals surface area contributed by atoms with Crippen LogP contribution in [0.5, 0.6) is 5.75 Å². The molecular weight excluding hydrogens is 418 g/mol. The summed E-state index contributed by atoms with van der Waals surface area (Å²) < 4.78 is 11.1. The Bertz CT molecular complexity index is 962. The van der Waals surface area contributed by atoms with Crippen LogP contribution in [0.1, 0.15) is 50.2 Å². The molecule has 0 aliphatic carbocycles. The second-order valence-corrected chi connectivity index (χ2v) is 9.08. The number of likely N-dealkylation sites (tertiary alicyclic amines) is 1. The predicted molar refractivity (Wildman–Crippen MR) is 126 cm³/mol. The number of carbonyl (C=O) groups is 2. The molecule has 7 nitrogen and oxygen atoms in total. The molecular formula is C26H35N3O4. The molecule has 1 N–H and O–H groups in total. The van der Waals surface area contributed by atoms with Crippen LogP contribution in [-0.2, 0) is 24.2 Å². The Morgan fingerprint density at radius 1 is 1.06 bits per heavy atom. The number of amides is 3. The highest BCUT2D eigenvalue weighted by Gasteiger charge is 2.54. The molecule has 0 saturated carbocycles. The number of benzene rings is 1. The van der Waals surface area contributed by atoms with E-state index in [-0.39, 0.29) is 17.9 Å². The van der Waals surface area contributed by atoms with Crippen molar-refractivity contribution in [1.29, 1.82) is 0 Å². The first-order valence-corrected chi connectivity index (χ1v) is 12.1. The lowest BCUT2D eigenvalue weighted by atomic mass is 9.75. The van der Waals surface area contributed by atoms with Gasteiger partial charge in [-0.05, 0) is 74.5 Å². The molecule has 1 atom stereocenters. The van der Waals surface area contributed by atoms with Gasteiger partial charge in [0, 0.05) is 13.0 Å². The van der Waals surface area contributed by atoms with Crippen molar-refractivity contribution < 1.29 is 18.7 Å². The number of urea groups is 1. The number of imide groups is 1. The molecule has 1 aromatic carbocycles. The van der Waals surface area contributed by atoms with Gasteiger partial charge in [-0.25, -0.2) is 4.79 Å². The standard InChI is InChI=1S/C26H35N3O4/c1-4-21-10-11-23(33-21)18-28-15-13-20(14-16-28)26(5-2)24(30)29(25(31)27-26)17-12-19-6-8-22(32-3)9-7-19/h6-11,20H,4-5,12-18H2,1-3H3,(H,27,31)/t26-/m1/s1. The van der Waals surface area contributed by atoms with Crippen molar-refractivity contribution in [2.45, 2.75) is 58.0 Å². The molecule has 3 amide bonds. The van der Waals surface area contributed by atoms with Gasteiger partial charge in [-0.1, -0.05) is 26.0 Å². The Balaban J connectivity index is 1.36. The first kappa shape index (κ1) is 23.4. The lowest BCUT2D eigenvalue weighted by Gasteiger charge is -2.40. The molecule has 0 bridgehead atoms. The summed E-state index contributed by atoms with van der Waals surface area (Å²) in [7, 11) is 1.64. The molecule has 1 aromatic heterocycles. The van der Waals surface area contributed by atoms with Crippen LogP contribution in [0, 0.1) is 5.92 Å². The van der Waals surface area contributed by atoms with Crippen LogP contribution in [-0.4, -0.2) is 54.0 Å². The predicted octanol–water partition coefficient (Wildman–Crippen LogP) is 4.01. The Kier molecular flexibility index (Phi) is 7.08. The Hall–Kier alpha value is -2.80. The number of piperidine rings is 1. The Labute approximate surface area is 196 Å². The van der Waals surface area contributed by atoms with Crippen LogP contribution in [0.25, 0.3) is 0 Å². The highest BCUT2D eigenvalue weighted by atomic mass is 16.5. The average Bonchev–Trinajstić information content (AvgIpc) is 3.40. The van der Waals surface area contributed by atoms with E-state index in [1.165, 1.54) is 4.90 Å². The van der Waals surface area contributed by atoms with E-state index in [1.807, 2.05) is 37.3 Å². The third-order valence-electron chi connectivity index (χ3n) is 7.27. The SMILES string of the molecule is CCc1ccc(CN2CCC([C@@]3(CC)NC(=O)N(CCc4ccc(OC)cc4)C3=O)CC2)o1. The minimum Gasteiger partial charge on any atom is -0.497 e. The van der Waals surface area contributed by atoms with Gasteiger partial charge in [0.1, 0.15) is 22.8 Å². The normalized spacial score (nSPS) is 22.1. The van der Waals surface area contributed by atoms with E-state index in [9.17, 15) is 9.59 Å². The highest BCUT2D eigenvalue weighted by Crippen LogP contribution is 2.36. The van der Waals surface area contributed by atoms with Gasteiger partial charge in [0.15, 0.2) is 0 Å². The minimum absolute atomic E-state index is 0.0689. The molecule has 4 rings (SSSR count). The largest absolute Gasteiger partial charge is 0.497 e. The fraction of sp³-hybridized carbons (Fsp3) is 0.538. The summed E-state index contributed by atoms with van der Waals surface area (Å²) in [6.45, 7) is 7.06. The van der Waals surface area contributed by atoms with E-state index in [0.29, 0.717) is 19.4 Å². The van der Waals surface area contributed by atoms with E-state index in [4.69, 9.17) is 9.15 Å². The monoisotopic (exact) mass is 453 g/mol. The Morgan fingerprint density at radius 3 is 2.36 bits per heavy atom. The smallest absolute Gasteiger partial charge is 0.325 e. The van der Waals surface area contributed by atoms with Crippen molar-refractivity contribution in [3.8, 4) is 5.75 Å². The molecule has 178 valence electrons. The third-order valence-corrected chi connectivity index (χ3v) is 7.27. The fourth-order valence-electron chi connectivity index (χ4n) is 5.19. The number of methoxy groups -OCH3 is 1. The van der Waals surface area contributed by atoms with Crippen molar-refractivity contribution in [2.75, 3.05) is 26.7 Å². The first-order chi connectivity index (χ1) is 16.0. The maximum atomic E-state index is 13.5. The third kappa shape index (κ3) is 4.78. The van der Waals surface area contributed by atoms with Gasteiger partial charge in [0.25, 0.3) is 5.91 Å². The summed E-state index contributed by atoms with van der Waals surface area (Å²) in [4.78, 5) is 30.1. The second-order valence-electron chi connectivity index (χ2n) is 9.08. The van der Waals surface area contributed by atoms with Crippen LogP contribution in [0.3, 0.4) is 0 Å². The summed E-state index contributed by atoms with van der Waals surface area (Å²) in [6.07, 6.45) is 3.91. The molecule has 0 spiro atoms. The summed E-state index contributed by atoms with van der Waals surface area (Å²) in [5, 5.41) is 3.10. The molecule has 2 saturated heterocycles. The van der Waals surface area contributed by atoms with E-state index < -0.39 is 5.54 Å². The number of aryl methyl sites for hydroxylation is 1. The molecule has 3 heterocycles. The average molecular weight is 454 g/mol. The van der Waals surface area contributed by atoms with E-state index >= 15 is 0 Å². The Morgan fingerprint density at radius 2 is 1.76 bits per heavy atom. The molecule has 33 heavy (non-hydrogen) atoms.